The van der Waals surface area contributed by atoms with Crippen molar-refractivity contribution in [2.75, 3.05) is 26.2 Å². The zero-order valence-corrected chi connectivity index (χ0v) is 20.3. The molecule has 12 heteroatoms. The van der Waals surface area contributed by atoms with Crippen molar-refractivity contribution in [2.24, 2.45) is 5.92 Å². The van der Waals surface area contributed by atoms with Crippen LogP contribution >= 0.6 is 11.6 Å². The molecule has 2 aliphatic rings. The number of amides is 1. The maximum absolute atomic E-state index is 13.2. The summed E-state index contributed by atoms with van der Waals surface area (Å²) in [6.07, 6.45) is 4.52. The third-order valence-electron chi connectivity index (χ3n) is 6.17. The predicted molar refractivity (Wildman–Crippen MR) is 125 cm³/mol. The van der Waals surface area contributed by atoms with Crippen molar-refractivity contribution in [1.29, 1.82) is 0 Å². The van der Waals surface area contributed by atoms with Gasteiger partial charge in [0.25, 0.3) is 0 Å². The van der Waals surface area contributed by atoms with Crippen molar-refractivity contribution in [2.45, 2.75) is 38.2 Å². The number of nitrogens with zero attached hydrogens (tertiary/aromatic N) is 3. The molecule has 9 nitrogen and oxygen atoms in total. The molecule has 3 atom stereocenters. The number of aromatic amines is 1. The van der Waals surface area contributed by atoms with E-state index in [4.69, 9.17) is 16.3 Å². The summed E-state index contributed by atoms with van der Waals surface area (Å²) in [4.78, 5) is 23.5. The lowest BCUT2D eigenvalue weighted by Crippen LogP contribution is -2.41. The summed E-state index contributed by atoms with van der Waals surface area (Å²) in [5, 5.41) is 3.92. The number of nitrogens with one attached hydrogen (secondary N) is 2. The van der Waals surface area contributed by atoms with Crippen molar-refractivity contribution >= 4 is 27.5 Å². The van der Waals surface area contributed by atoms with E-state index in [0.29, 0.717) is 36.8 Å². The molecule has 0 saturated carbocycles. The van der Waals surface area contributed by atoms with E-state index in [-0.39, 0.29) is 36.2 Å². The van der Waals surface area contributed by atoms with Crippen LogP contribution in [0.1, 0.15) is 37.8 Å². The predicted octanol–water partition coefficient (Wildman–Crippen LogP) is 2.83. The summed E-state index contributed by atoms with van der Waals surface area (Å²) in [6, 6.07) is 2.80. The Morgan fingerprint density at radius 3 is 2.91 bits per heavy atom. The lowest BCUT2D eigenvalue weighted by Gasteiger charge is -2.35. The van der Waals surface area contributed by atoms with Crippen molar-refractivity contribution in [3.63, 3.8) is 0 Å². The molecule has 0 aromatic carbocycles. The highest BCUT2D eigenvalue weighted by atomic mass is 35.5. The van der Waals surface area contributed by atoms with Crippen LogP contribution < -0.4 is 5.32 Å². The highest BCUT2D eigenvalue weighted by Gasteiger charge is 2.34. The van der Waals surface area contributed by atoms with Gasteiger partial charge in [-0.25, -0.2) is 22.8 Å². The van der Waals surface area contributed by atoms with Crippen LogP contribution in [0.15, 0.2) is 29.8 Å². The van der Waals surface area contributed by atoms with Gasteiger partial charge in [0.2, 0.25) is 15.9 Å². The normalized spacial score (nSPS) is 24.0. The van der Waals surface area contributed by atoms with E-state index < -0.39 is 21.7 Å². The summed E-state index contributed by atoms with van der Waals surface area (Å²) in [6.45, 7) is 3.55. The van der Waals surface area contributed by atoms with Crippen molar-refractivity contribution < 1.29 is 22.3 Å². The molecule has 2 saturated heterocycles. The Labute approximate surface area is 202 Å². The molecule has 0 aliphatic carbocycles. The molecular formula is C22H27ClFN5O4S. The molecule has 2 N–H and O–H groups in total. The molecule has 2 aliphatic heterocycles. The van der Waals surface area contributed by atoms with Crippen LogP contribution in [0.5, 0.6) is 0 Å². The van der Waals surface area contributed by atoms with Crippen LogP contribution in [0.2, 0.25) is 5.15 Å². The number of carbonyl (C=O) groups is 1. The number of ether oxygens (including phenoxy) is 1. The van der Waals surface area contributed by atoms with E-state index in [1.54, 1.807) is 0 Å². The van der Waals surface area contributed by atoms with Gasteiger partial charge in [-0.15, -0.1) is 0 Å². The lowest BCUT2D eigenvalue weighted by atomic mass is 9.86. The van der Waals surface area contributed by atoms with Crippen LogP contribution in [0.25, 0.3) is 11.5 Å². The molecule has 2 fully saturated rings. The Hall–Kier alpha value is -2.34. The Bertz CT molecular complexity index is 1150. The highest BCUT2D eigenvalue weighted by molar-refractivity contribution is 7.92. The second-order valence-electron chi connectivity index (χ2n) is 8.61. The van der Waals surface area contributed by atoms with Crippen LogP contribution in [0.3, 0.4) is 0 Å². The second-order valence-corrected chi connectivity index (χ2v) is 10.8. The Morgan fingerprint density at radius 1 is 1.41 bits per heavy atom. The molecule has 2 aromatic heterocycles. The van der Waals surface area contributed by atoms with E-state index >= 15 is 0 Å². The van der Waals surface area contributed by atoms with Gasteiger partial charge in [0.05, 0.1) is 23.4 Å². The van der Waals surface area contributed by atoms with E-state index in [2.05, 4.69) is 20.3 Å². The summed E-state index contributed by atoms with van der Waals surface area (Å²) in [5.41, 5.74) is 1.17. The number of H-pyrrole nitrogens is 1. The number of pyridine rings is 1. The highest BCUT2D eigenvalue weighted by Crippen LogP contribution is 2.37. The van der Waals surface area contributed by atoms with Gasteiger partial charge in [-0.05, 0) is 37.3 Å². The third kappa shape index (κ3) is 5.83. The van der Waals surface area contributed by atoms with Crippen LogP contribution in [-0.2, 0) is 19.6 Å². The standard InChI is InChI=1S/C22H27ClFN5O4S/c1-14-13-29(34(31,32)10-7-19(30)26-12-16-3-2-9-33-16)8-6-17(14)20-21(23)28-22(27-20)18-5-4-15(24)11-25-18/h4-5,7,10-11,14,16-17H,2-3,6,8-9,12-13H2,1H3,(H,26,30)(H,27,28)/t14-,16+,17+/m0/s1. The average Bonchev–Trinajstić information content (AvgIpc) is 3.46. The third-order valence-corrected chi connectivity index (χ3v) is 7.99. The Morgan fingerprint density at radius 2 is 2.24 bits per heavy atom. The van der Waals surface area contributed by atoms with Gasteiger partial charge in [-0.3, -0.25) is 4.79 Å². The minimum Gasteiger partial charge on any atom is -0.376 e. The van der Waals surface area contributed by atoms with Gasteiger partial charge in [0.15, 0.2) is 11.0 Å². The molecular weight excluding hydrogens is 485 g/mol. The quantitative estimate of drug-likeness (QED) is 0.552. The first-order chi connectivity index (χ1) is 16.2. The van der Waals surface area contributed by atoms with Gasteiger partial charge >= 0.3 is 0 Å². The lowest BCUT2D eigenvalue weighted by molar-refractivity contribution is -0.117. The van der Waals surface area contributed by atoms with Crippen LogP contribution in [0, 0.1) is 11.7 Å². The van der Waals surface area contributed by atoms with Gasteiger partial charge < -0.3 is 15.0 Å². The Balaban J connectivity index is 1.37. The van der Waals surface area contributed by atoms with Crippen LogP contribution in [0.4, 0.5) is 4.39 Å². The zero-order chi connectivity index (χ0) is 24.3. The minimum atomic E-state index is -3.75. The number of hydrogen-bond donors (Lipinski definition) is 2. The summed E-state index contributed by atoms with van der Waals surface area (Å²) >= 11 is 6.37. The molecule has 0 bridgehead atoms. The summed E-state index contributed by atoms with van der Waals surface area (Å²) < 4.78 is 45.5. The smallest absolute Gasteiger partial charge is 0.244 e. The van der Waals surface area contributed by atoms with Gasteiger partial charge in [-0.2, -0.15) is 4.31 Å². The maximum Gasteiger partial charge on any atom is 0.244 e. The Kier molecular flexibility index (Phi) is 7.66. The van der Waals surface area contributed by atoms with E-state index in [1.807, 2.05) is 6.92 Å². The number of halogens is 2. The number of aromatic nitrogens is 3. The van der Waals surface area contributed by atoms with Crippen molar-refractivity contribution in [3.05, 3.63) is 46.5 Å². The van der Waals surface area contributed by atoms with Crippen LogP contribution in [-0.4, -0.2) is 65.9 Å². The minimum absolute atomic E-state index is 0.0116. The first-order valence-electron chi connectivity index (χ1n) is 11.2. The average molecular weight is 512 g/mol. The molecule has 4 heterocycles. The molecule has 34 heavy (non-hydrogen) atoms. The maximum atomic E-state index is 13.2. The largest absolute Gasteiger partial charge is 0.376 e. The molecule has 0 unspecified atom stereocenters. The first kappa shape index (κ1) is 24.8. The summed E-state index contributed by atoms with van der Waals surface area (Å²) in [7, 11) is -3.75. The molecule has 2 aromatic rings. The van der Waals surface area contributed by atoms with E-state index in [0.717, 1.165) is 30.5 Å². The number of hydrogen-bond acceptors (Lipinski definition) is 6. The number of sulfonamides is 1. The fraction of sp³-hybridized carbons (Fsp3) is 0.500. The number of piperidine rings is 1. The van der Waals surface area contributed by atoms with Gasteiger partial charge in [-0.1, -0.05) is 18.5 Å². The molecule has 184 valence electrons. The van der Waals surface area contributed by atoms with Gasteiger partial charge in [0, 0.05) is 38.2 Å². The topological polar surface area (TPSA) is 117 Å². The van der Waals surface area contributed by atoms with E-state index in [9.17, 15) is 17.6 Å². The monoisotopic (exact) mass is 511 g/mol. The fourth-order valence-corrected chi connectivity index (χ4v) is 5.87. The fourth-order valence-electron chi connectivity index (χ4n) is 4.33. The number of carbonyl (C=O) groups excluding carboxylic acids is 1. The number of imidazole rings is 1. The summed E-state index contributed by atoms with van der Waals surface area (Å²) in [5.74, 6) is -0.581. The number of rotatable bonds is 7. The first-order valence-corrected chi connectivity index (χ1v) is 13.1. The zero-order valence-electron chi connectivity index (χ0n) is 18.7. The second kappa shape index (κ2) is 10.5. The van der Waals surface area contributed by atoms with E-state index in [1.165, 1.54) is 16.4 Å². The molecule has 0 radical (unpaired) electrons. The SMILES string of the molecule is C[C@H]1CN(S(=O)(=O)C=CC(=O)NC[C@H]2CCCO2)CC[C@H]1c1[nH]c(-c2ccc(F)cn2)nc1Cl. The van der Waals surface area contributed by atoms with Gasteiger partial charge in [0.1, 0.15) is 11.5 Å². The molecule has 0 spiro atoms. The van der Waals surface area contributed by atoms with Crippen molar-refractivity contribution in [3.8, 4) is 11.5 Å². The molecule has 1 amide bonds. The molecule has 4 rings (SSSR count). The van der Waals surface area contributed by atoms with Crippen molar-refractivity contribution in [1.82, 2.24) is 24.6 Å².